The number of halogens is 1. The number of ether oxygens (including phenoxy) is 2. The molecule has 0 aromatic carbocycles. The fourth-order valence-corrected chi connectivity index (χ4v) is 7.90. The maximum absolute atomic E-state index is 15.2. The van der Waals surface area contributed by atoms with Gasteiger partial charge in [0.05, 0.1) is 13.2 Å². The Morgan fingerprint density at radius 2 is 1.85 bits per heavy atom. The molecule has 4 heteroatoms. The van der Waals surface area contributed by atoms with Gasteiger partial charge < -0.3 is 9.47 Å². The molecular formula is C22H31FO3. The van der Waals surface area contributed by atoms with E-state index in [1.807, 2.05) is 0 Å². The quantitative estimate of drug-likeness (QED) is 0.597. The predicted molar refractivity (Wildman–Crippen MR) is 96.2 cm³/mol. The monoisotopic (exact) mass is 362 g/mol. The van der Waals surface area contributed by atoms with Crippen LogP contribution in [0, 0.1) is 34.5 Å². The third-order valence-electron chi connectivity index (χ3n) is 9.22. The highest BCUT2D eigenvalue weighted by Gasteiger charge is 2.71. The van der Waals surface area contributed by atoms with Crippen molar-refractivity contribution < 1.29 is 18.7 Å². The topological polar surface area (TPSA) is 35.5 Å². The number of hydrogen-bond donors (Lipinski definition) is 0. The van der Waals surface area contributed by atoms with Crippen molar-refractivity contribution in [3.63, 3.8) is 0 Å². The zero-order valence-electron chi connectivity index (χ0n) is 16.1. The van der Waals surface area contributed by atoms with Crippen LogP contribution in [0.15, 0.2) is 12.2 Å². The van der Waals surface area contributed by atoms with E-state index in [-0.39, 0.29) is 16.7 Å². The molecule has 1 saturated heterocycles. The van der Waals surface area contributed by atoms with Crippen molar-refractivity contribution in [2.45, 2.75) is 70.8 Å². The van der Waals surface area contributed by atoms with E-state index in [2.05, 4.69) is 20.4 Å². The largest absolute Gasteiger partial charge is 0.344 e. The second kappa shape index (κ2) is 5.41. The van der Waals surface area contributed by atoms with Gasteiger partial charge in [-0.25, -0.2) is 4.39 Å². The molecule has 5 rings (SSSR count). The smallest absolute Gasteiger partial charge is 0.205 e. The van der Waals surface area contributed by atoms with Crippen molar-refractivity contribution in [1.29, 1.82) is 0 Å². The summed E-state index contributed by atoms with van der Waals surface area (Å²) >= 11 is 0. The standard InChI is InChI=1S/C22H31FO3/c1-13-10-15-16(20(2)6-4-14(24)11-17(13)20)5-7-21(3)18(15)12-19(23)22(21)25-8-9-26-22/h15-19H,1,4-12H2,2-3H3/t15?,16?,17?,18?,19-,20?,21?/m1/s1. The normalized spacial score (nSPS) is 52.7. The van der Waals surface area contributed by atoms with Crippen molar-refractivity contribution in [1.82, 2.24) is 0 Å². The number of ketones is 1. The van der Waals surface area contributed by atoms with Crippen molar-refractivity contribution in [3.05, 3.63) is 12.2 Å². The van der Waals surface area contributed by atoms with E-state index >= 15 is 4.39 Å². The minimum atomic E-state index is -1.04. The van der Waals surface area contributed by atoms with E-state index in [0.717, 1.165) is 25.7 Å². The molecule has 0 radical (unpaired) electrons. The SMILES string of the molecule is C=C1CC2C(CCC3(C)C2C[C@@H](F)C32OCCO2)C2(C)CCC(=O)CC12. The molecule has 0 amide bonds. The summed E-state index contributed by atoms with van der Waals surface area (Å²) < 4.78 is 27.2. The number of allylic oxidation sites excluding steroid dienone is 1. The Morgan fingerprint density at radius 1 is 1.12 bits per heavy atom. The lowest BCUT2D eigenvalue weighted by molar-refractivity contribution is -0.264. The van der Waals surface area contributed by atoms with Crippen LogP contribution in [0.1, 0.15) is 58.8 Å². The Hall–Kier alpha value is -0.740. The van der Waals surface area contributed by atoms with Crippen molar-refractivity contribution in [2.24, 2.45) is 34.5 Å². The summed E-state index contributed by atoms with van der Waals surface area (Å²) in [6.07, 6.45) is 4.85. The van der Waals surface area contributed by atoms with E-state index in [9.17, 15) is 4.79 Å². The first kappa shape index (κ1) is 17.4. The molecular weight excluding hydrogens is 331 g/mol. The summed E-state index contributed by atoms with van der Waals surface area (Å²) in [5.41, 5.74) is 1.13. The number of Topliss-reactive ketones (excluding diaryl/α,β-unsaturated/α-hetero) is 1. The molecule has 5 aliphatic rings. The van der Waals surface area contributed by atoms with Crippen LogP contribution in [0.2, 0.25) is 0 Å². The van der Waals surface area contributed by atoms with Gasteiger partial charge in [0.2, 0.25) is 5.79 Å². The van der Waals surface area contributed by atoms with E-state index < -0.39 is 12.0 Å². The highest BCUT2D eigenvalue weighted by molar-refractivity contribution is 5.80. The van der Waals surface area contributed by atoms with Gasteiger partial charge in [0.15, 0.2) is 6.17 Å². The fourth-order valence-electron chi connectivity index (χ4n) is 7.90. The molecule has 144 valence electrons. The molecule has 0 bridgehead atoms. The lowest BCUT2D eigenvalue weighted by Crippen LogP contribution is -2.58. The molecule has 0 aromatic heterocycles. The number of hydrogen-bond acceptors (Lipinski definition) is 3. The molecule has 1 aliphatic heterocycles. The van der Waals surface area contributed by atoms with Gasteiger partial charge in [0.1, 0.15) is 5.78 Å². The third-order valence-corrected chi connectivity index (χ3v) is 9.22. The average molecular weight is 362 g/mol. The molecule has 7 atom stereocenters. The molecule has 1 spiro atoms. The summed E-state index contributed by atoms with van der Waals surface area (Å²) in [4.78, 5) is 12.1. The first-order valence-electron chi connectivity index (χ1n) is 10.4. The van der Waals surface area contributed by atoms with Crippen LogP contribution < -0.4 is 0 Å². The molecule has 0 aromatic rings. The first-order valence-corrected chi connectivity index (χ1v) is 10.4. The average Bonchev–Trinajstić information content (AvgIpc) is 3.18. The van der Waals surface area contributed by atoms with E-state index in [0.29, 0.717) is 56.0 Å². The lowest BCUT2D eigenvalue weighted by Gasteiger charge is -2.61. The minimum Gasteiger partial charge on any atom is -0.344 e. The van der Waals surface area contributed by atoms with Gasteiger partial charge in [-0.3, -0.25) is 4.79 Å². The first-order chi connectivity index (χ1) is 12.3. The van der Waals surface area contributed by atoms with Crippen LogP contribution in [-0.2, 0) is 14.3 Å². The molecule has 1 heterocycles. The molecule has 4 aliphatic carbocycles. The van der Waals surface area contributed by atoms with Gasteiger partial charge in [-0.2, -0.15) is 0 Å². The van der Waals surface area contributed by atoms with Gasteiger partial charge in [-0.05, 0) is 61.2 Å². The van der Waals surface area contributed by atoms with Crippen molar-refractivity contribution in [2.75, 3.05) is 13.2 Å². The summed E-state index contributed by atoms with van der Waals surface area (Å²) in [5, 5.41) is 0. The Kier molecular flexibility index (Phi) is 3.61. The molecule has 0 N–H and O–H groups in total. The Morgan fingerprint density at radius 3 is 2.58 bits per heavy atom. The van der Waals surface area contributed by atoms with Crippen LogP contribution in [-0.4, -0.2) is 31.0 Å². The van der Waals surface area contributed by atoms with Crippen LogP contribution in [0.5, 0.6) is 0 Å². The van der Waals surface area contributed by atoms with Crippen molar-refractivity contribution >= 4 is 5.78 Å². The van der Waals surface area contributed by atoms with E-state index in [1.54, 1.807) is 0 Å². The summed E-state index contributed by atoms with van der Waals surface area (Å²) in [7, 11) is 0. The summed E-state index contributed by atoms with van der Waals surface area (Å²) in [5.74, 6) is 0.981. The number of fused-ring (bicyclic) bond motifs is 6. The molecule has 4 saturated carbocycles. The second-order valence-electron chi connectivity index (χ2n) is 10.1. The van der Waals surface area contributed by atoms with Crippen molar-refractivity contribution in [3.8, 4) is 0 Å². The third kappa shape index (κ3) is 1.93. The number of carbonyl (C=O) groups is 1. The fraction of sp³-hybridized carbons (Fsp3) is 0.864. The number of alkyl halides is 1. The van der Waals surface area contributed by atoms with Gasteiger partial charge >= 0.3 is 0 Å². The predicted octanol–water partition coefficient (Wildman–Crippen LogP) is 4.46. The van der Waals surface area contributed by atoms with Gasteiger partial charge in [0.25, 0.3) is 0 Å². The highest BCUT2D eigenvalue weighted by Crippen LogP contribution is 2.70. The molecule has 6 unspecified atom stereocenters. The Bertz CT molecular complexity index is 654. The van der Waals surface area contributed by atoms with Crippen LogP contribution in [0.25, 0.3) is 0 Å². The summed E-state index contributed by atoms with van der Waals surface area (Å²) in [6.45, 7) is 10.0. The van der Waals surface area contributed by atoms with Crippen LogP contribution >= 0.6 is 0 Å². The maximum Gasteiger partial charge on any atom is 0.205 e. The molecule has 3 nitrogen and oxygen atoms in total. The van der Waals surface area contributed by atoms with Crippen LogP contribution in [0.3, 0.4) is 0 Å². The number of carbonyl (C=O) groups excluding carboxylic acids is 1. The number of rotatable bonds is 0. The summed E-state index contributed by atoms with van der Waals surface area (Å²) in [6, 6.07) is 0. The van der Waals surface area contributed by atoms with Gasteiger partial charge in [0, 0.05) is 18.3 Å². The maximum atomic E-state index is 15.2. The van der Waals surface area contributed by atoms with E-state index in [1.165, 1.54) is 5.57 Å². The Balaban J connectivity index is 1.52. The second-order valence-corrected chi connectivity index (χ2v) is 10.1. The Labute approximate surface area is 155 Å². The molecule has 5 fully saturated rings. The minimum absolute atomic E-state index is 0.147. The molecule has 26 heavy (non-hydrogen) atoms. The van der Waals surface area contributed by atoms with E-state index in [4.69, 9.17) is 9.47 Å². The van der Waals surface area contributed by atoms with Gasteiger partial charge in [-0.15, -0.1) is 0 Å². The van der Waals surface area contributed by atoms with Crippen LogP contribution in [0.4, 0.5) is 4.39 Å². The lowest BCUT2D eigenvalue weighted by atomic mass is 9.44. The highest BCUT2D eigenvalue weighted by atomic mass is 19.1. The zero-order chi connectivity index (χ0) is 18.3. The van der Waals surface area contributed by atoms with Gasteiger partial charge in [-0.1, -0.05) is 26.0 Å². The zero-order valence-corrected chi connectivity index (χ0v) is 16.1.